The minimum Gasteiger partial charge on any atom is -0.370 e. The molecule has 0 bridgehead atoms. The molecule has 0 saturated heterocycles. The number of halogens is 3. The van der Waals surface area contributed by atoms with Gasteiger partial charge in [-0.3, -0.25) is 4.99 Å². The highest BCUT2D eigenvalue weighted by Gasteiger charge is 2.03. The number of hydrogen-bond acceptors (Lipinski definition) is 2. The predicted octanol–water partition coefficient (Wildman–Crippen LogP) is 1.92. The van der Waals surface area contributed by atoms with Crippen molar-refractivity contribution in [3.8, 4) is 0 Å². The van der Waals surface area contributed by atoms with Crippen LogP contribution in [0.4, 0.5) is 10.1 Å². The van der Waals surface area contributed by atoms with Gasteiger partial charge in [0.05, 0.1) is 5.69 Å². The molecule has 104 valence electrons. The summed E-state index contributed by atoms with van der Waals surface area (Å²) in [6.07, 6.45) is 0.662. The molecular weight excluding hydrogens is 278 g/mol. The lowest BCUT2D eigenvalue weighted by molar-refractivity contribution is 0.629. The third kappa shape index (κ3) is 6.05. The molecule has 1 aromatic rings. The monoisotopic (exact) mass is 296 g/mol. The summed E-state index contributed by atoms with van der Waals surface area (Å²) < 4.78 is 13.6. The minimum absolute atomic E-state index is 0. The van der Waals surface area contributed by atoms with Crippen LogP contribution >= 0.6 is 24.8 Å². The second kappa shape index (κ2) is 9.94. The van der Waals surface area contributed by atoms with Crippen LogP contribution in [0.25, 0.3) is 0 Å². The number of anilines is 1. The Morgan fingerprint density at radius 2 is 2.06 bits per heavy atom. The van der Waals surface area contributed by atoms with Crippen LogP contribution in [0, 0.1) is 5.82 Å². The van der Waals surface area contributed by atoms with E-state index < -0.39 is 0 Å². The van der Waals surface area contributed by atoms with Crippen molar-refractivity contribution in [2.24, 2.45) is 16.5 Å². The number of benzene rings is 1. The van der Waals surface area contributed by atoms with E-state index >= 15 is 0 Å². The van der Waals surface area contributed by atoms with Gasteiger partial charge in [-0.15, -0.1) is 24.8 Å². The van der Waals surface area contributed by atoms with Gasteiger partial charge in [-0.2, -0.15) is 0 Å². The Morgan fingerprint density at radius 3 is 2.56 bits per heavy atom. The second-order valence-corrected chi connectivity index (χ2v) is 3.34. The average Bonchev–Trinajstić information content (AvgIpc) is 2.23. The normalized spacial score (nSPS) is 10.3. The maximum Gasteiger partial charge on any atom is 0.193 e. The quantitative estimate of drug-likeness (QED) is 0.587. The van der Waals surface area contributed by atoms with Crippen molar-refractivity contribution in [1.29, 1.82) is 0 Å². The lowest BCUT2D eigenvalue weighted by Gasteiger charge is -2.08. The van der Waals surface area contributed by atoms with E-state index in [1.165, 1.54) is 6.07 Å². The first kappa shape index (κ1) is 19.3. The van der Waals surface area contributed by atoms with Gasteiger partial charge in [0.25, 0.3) is 0 Å². The Bertz CT molecular complexity index is 385. The summed E-state index contributed by atoms with van der Waals surface area (Å²) in [6.45, 7) is 2.92. The number of rotatable bonds is 4. The molecule has 1 rings (SSSR count). The van der Waals surface area contributed by atoms with Gasteiger partial charge in [-0.05, 0) is 37.6 Å². The zero-order valence-corrected chi connectivity index (χ0v) is 11.8. The zero-order chi connectivity index (χ0) is 12.0. The molecule has 0 radical (unpaired) electrons. The zero-order valence-electron chi connectivity index (χ0n) is 10.1. The van der Waals surface area contributed by atoms with Crippen LogP contribution < -0.4 is 16.8 Å². The SMILES string of the molecule is CCN=C(N)Nc1ccc(CCN)cc1F.Cl.Cl. The van der Waals surface area contributed by atoms with Crippen molar-refractivity contribution in [3.63, 3.8) is 0 Å². The first-order valence-electron chi connectivity index (χ1n) is 5.22. The number of nitrogens with two attached hydrogens (primary N) is 2. The van der Waals surface area contributed by atoms with Crippen molar-refractivity contribution in [3.05, 3.63) is 29.6 Å². The fourth-order valence-electron chi connectivity index (χ4n) is 1.33. The van der Waals surface area contributed by atoms with Crippen LogP contribution in [-0.2, 0) is 6.42 Å². The van der Waals surface area contributed by atoms with Gasteiger partial charge in [-0.25, -0.2) is 4.39 Å². The lowest BCUT2D eigenvalue weighted by Crippen LogP contribution is -2.23. The van der Waals surface area contributed by atoms with Gasteiger partial charge in [0.1, 0.15) is 5.82 Å². The maximum absolute atomic E-state index is 13.6. The molecule has 7 heteroatoms. The molecule has 0 aromatic heterocycles. The highest BCUT2D eigenvalue weighted by Crippen LogP contribution is 2.15. The van der Waals surface area contributed by atoms with E-state index in [0.717, 1.165) is 5.56 Å². The van der Waals surface area contributed by atoms with E-state index in [9.17, 15) is 4.39 Å². The van der Waals surface area contributed by atoms with E-state index in [2.05, 4.69) is 10.3 Å². The summed E-state index contributed by atoms with van der Waals surface area (Å²) >= 11 is 0. The van der Waals surface area contributed by atoms with Gasteiger partial charge in [-0.1, -0.05) is 6.07 Å². The Kier molecular flexibility index (Phi) is 10.7. The first-order chi connectivity index (χ1) is 7.67. The number of nitrogens with zero attached hydrogens (tertiary/aromatic N) is 1. The highest BCUT2D eigenvalue weighted by atomic mass is 35.5. The summed E-state index contributed by atoms with van der Waals surface area (Å²) in [5.41, 5.74) is 12.1. The first-order valence-corrected chi connectivity index (χ1v) is 5.22. The van der Waals surface area contributed by atoms with E-state index in [-0.39, 0.29) is 36.6 Å². The molecule has 0 aliphatic carbocycles. The van der Waals surface area contributed by atoms with Gasteiger partial charge < -0.3 is 16.8 Å². The van der Waals surface area contributed by atoms with Crippen LogP contribution in [-0.4, -0.2) is 19.0 Å². The molecule has 0 fully saturated rings. The third-order valence-electron chi connectivity index (χ3n) is 2.06. The van der Waals surface area contributed by atoms with Crippen molar-refractivity contribution < 1.29 is 4.39 Å². The fourth-order valence-corrected chi connectivity index (χ4v) is 1.33. The Labute approximate surface area is 119 Å². The second-order valence-electron chi connectivity index (χ2n) is 3.34. The molecule has 0 unspecified atom stereocenters. The molecule has 0 aliphatic rings. The van der Waals surface area contributed by atoms with E-state index in [1.54, 1.807) is 6.07 Å². The van der Waals surface area contributed by atoms with Crippen LogP contribution in [0.5, 0.6) is 0 Å². The molecule has 5 N–H and O–H groups in total. The topological polar surface area (TPSA) is 76.4 Å². The summed E-state index contributed by atoms with van der Waals surface area (Å²) in [4.78, 5) is 3.92. The molecule has 1 aromatic carbocycles. The van der Waals surface area contributed by atoms with E-state index in [0.29, 0.717) is 25.2 Å². The summed E-state index contributed by atoms with van der Waals surface area (Å²) in [6, 6.07) is 4.91. The number of aliphatic imine (C=N–C) groups is 1. The number of guanidine groups is 1. The molecule has 4 nitrogen and oxygen atoms in total. The molecule has 0 spiro atoms. The van der Waals surface area contributed by atoms with Gasteiger partial charge in [0.2, 0.25) is 0 Å². The van der Waals surface area contributed by atoms with Crippen LogP contribution in [0.2, 0.25) is 0 Å². The average molecular weight is 297 g/mol. The van der Waals surface area contributed by atoms with Crippen molar-refractivity contribution in [2.45, 2.75) is 13.3 Å². The number of nitrogens with one attached hydrogen (secondary N) is 1. The molecule has 0 amide bonds. The lowest BCUT2D eigenvalue weighted by atomic mass is 10.1. The Morgan fingerprint density at radius 1 is 1.39 bits per heavy atom. The molecular formula is C11H19Cl2FN4. The van der Waals surface area contributed by atoms with E-state index in [4.69, 9.17) is 11.5 Å². The largest absolute Gasteiger partial charge is 0.370 e. The van der Waals surface area contributed by atoms with Crippen molar-refractivity contribution in [2.75, 3.05) is 18.4 Å². The molecule has 0 saturated carbocycles. The molecule has 18 heavy (non-hydrogen) atoms. The van der Waals surface area contributed by atoms with Gasteiger partial charge in [0.15, 0.2) is 5.96 Å². The molecule has 0 atom stereocenters. The molecule has 0 heterocycles. The summed E-state index contributed by atoms with van der Waals surface area (Å²) in [5.74, 6) is -0.131. The van der Waals surface area contributed by atoms with Gasteiger partial charge in [0, 0.05) is 6.54 Å². The van der Waals surface area contributed by atoms with Crippen molar-refractivity contribution >= 4 is 36.5 Å². The van der Waals surface area contributed by atoms with Crippen LogP contribution in [0.1, 0.15) is 12.5 Å². The number of hydrogen-bond donors (Lipinski definition) is 3. The van der Waals surface area contributed by atoms with Gasteiger partial charge >= 0.3 is 0 Å². The van der Waals surface area contributed by atoms with Crippen LogP contribution in [0.3, 0.4) is 0 Å². The predicted molar refractivity (Wildman–Crippen MR) is 79.4 cm³/mol. The van der Waals surface area contributed by atoms with Crippen molar-refractivity contribution in [1.82, 2.24) is 0 Å². The minimum atomic E-state index is -0.347. The summed E-state index contributed by atoms with van der Waals surface area (Å²) in [5, 5.41) is 2.70. The fraction of sp³-hybridized carbons (Fsp3) is 0.364. The van der Waals surface area contributed by atoms with E-state index in [1.807, 2.05) is 13.0 Å². The standard InChI is InChI=1S/C11H17FN4.2ClH/c1-2-15-11(14)16-10-4-3-8(5-6-13)7-9(10)12;;/h3-4,7H,2,5-6,13H2,1H3,(H3,14,15,16);2*1H. The highest BCUT2D eigenvalue weighted by molar-refractivity contribution is 5.92. The van der Waals surface area contributed by atoms with Crippen LogP contribution in [0.15, 0.2) is 23.2 Å². The Balaban J connectivity index is 0. The third-order valence-corrected chi connectivity index (χ3v) is 2.06. The molecule has 0 aliphatic heterocycles. The smallest absolute Gasteiger partial charge is 0.193 e. The summed E-state index contributed by atoms with van der Waals surface area (Å²) in [7, 11) is 0. The maximum atomic E-state index is 13.6. The Hall–Kier alpha value is -1.04.